The van der Waals surface area contributed by atoms with Crippen LogP contribution in [0.25, 0.3) is 0 Å². The SMILES string of the molecule is Cc1cc(C)cc(C2(c3cc(C)cc(C)c3)OP(Oc3c(P(c4ccccc4)c4ccccc4)cc(C(C)(C)C)cc3C(C)(C)C)OC(c3cc(C)cc(C)c3)(c3cc(C)cc(C)c3)[C@@H]3OC(C)(C)O[C@H]32)c1. The Bertz CT molecular complexity index is 2780. The van der Waals surface area contributed by atoms with Crippen molar-refractivity contribution in [3.63, 3.8) is 0 Å². The lowest BCUT2D eigenvalue weighted by Gasteiger charge is -2.42. The fourth-order valence-electron chi connectivity index (χ4n) is 11.2. The van der Waals surface area contributed by atoms with Crippen molar-refractivity contribution in [1.82, 2.24) is 0 Å². The van der Waals surface area contributed by atoms with Gasteiger partial charge in [0.2, 0.25) is 0 Å². The largest absolute Gasteiger partial charge is 0.426 e. The summed E-state index contributed by atoms with van der Waals surface area (Å²) in [6, 6.07) is 53.7. The Hall–Kier alpha value is -4.96. The van der Waals surface area contributed by atoms with Gasteiger partial charge in [-0.25, -0.2) is 0 Å². The summed E-state index contributed by atoms with van der Waals surface area (Å²) >= 11 is 0. The zero-order valence-corrected chi connectivity index (χ0v) is 47.2. The highest BCUT2D eigenvalue weighted by Gasteiger charge is 2.68. The topological polar surface area (TPSA) is 46.2 Å². The molecule has 7 aromatic carbocycles. The van der Waals surface area contributed by atoms with Crippen LogP contribution in [-0.4, -0.2) is 18.0 Å². The van der Waals surface area contributed by atoms with E-state index >= 15 is 0 Å². The van der Waals surface area contributed by atoms with E-state index in [1.165, 1.54) is 16.2 Å². The van der Waals surface area contributed by atoms with E-state index in [2.05, 4.69) is 243 Å². The normalized spacial score (nSPS) is 18.7. The fraction of sp³-hybridized carbons (Fsp3) is 0.354. The molecular formula is C65H74O5P2. The van der Waals surface area contributed by atoms with Gasteiger partial charge >= 0.3 is 8.60 Å². The quantitative estimate of drug-likeness (QED) is 0.135. The fourth-order valence-corrected chi connectivity index (χ4v) is 15.3. The third-order valence-electron chi connectivity index (χ3n) is 14.1. The molecule has 0 bridgehead atoms. The lowest BCUT2D eigenvalue weighted by molar-refractivity contribution is -0.175. The molecular weight excluding hydrogens is 923 g/mol. The van der Waals surface area contributed by atoms with E-state index in [4.69, 9.17) is 23.0 Å². The van der Waals surface area contributed by atoms with Crippen molar-refractivity contribution in [1.29, 1.82) is 0 Å². The minimum Gasteiger partial charge on any atom is -0.426 e. The van der Waals surface area contributed by atoms with Gasteiger partial charge in [0.1, 0.15) is 18.0 Å². The first-order valence-corrected chi connectivity index (χ1v) is 28.0. The van der Waals surface area contributed by atoms with Gasteiger partial charge in [-0.3, -0.25) is 9.05 Å². The number of hydrogen-bond donors (Lipinski definition) is 0. The predicted molar refractivity (Wildman–Crippen MR) is 301 cm³/mol. The van der Waals surface area contributed by atoms with Crippen LogP contribution in [0.1, 0.15) is 133 Å². The summed E-state index contributed by atoms with van der Waals surface area (Å²) < 4.78 is 39.8. The Morgan fingerprint density at radius 2 is 0.778 bits per heavy atom. The van der Waals surface area contributed by atoms with Gasteiger partial charge in [0.05, 0.1) is 0 Å². The van der Waals surface area contributed by atoms with Gasteiger partial charge in [-0.15, -0.1) is 0 Å². The smallest absolute Gasteiger partial charge is 0.399 e. The molecule has 0 radical (unpaired) electrons. The van der Waals surface area contributed by atoms with Gasteiger partial charge in [0, 0.05) is 10.9 Å². The maximum Gasteiger partial charge on any atom is 0.399 e. The van der Waals surface area contributed by atoms with E-state index in [0.29, 0.717) is 0 Å². The highest BCUT2D eigenvalue weighted by Crippen LogP contribution is 2.66. The minimum absolute atomic E-state index is 0.177. The van der Waals surface area contributed by atoms with Crippen molar-refractivity contribution in [2.75, 3.05) is 0 Å². The highest BCUT2D eigenvalue weighted by atomic mass is 31.2. The minimum atomic E-state index is -2.41. The number of hydrogen-bond acceptors (Lipinski definition) is 5. The Morgan fingerprint density at radius 3 is 1.08 bits per heavy atom. The second kappa shape index (κ2) is 19.4. The summed E-state index contributed by atoms with van der Waals surface area (Å²) in [6.07, 6.45) is -1.52. The molecule has 2 atom stereocenters. The van der Waals surface area contributed by atoms with E-state index in [1.54, 1.807) is 0 Å². The average Bonchev–Trinajstić information content (AvgIpc) is 3.56. The van der Waals surface area contributed by atoms with Crippen LogP contribution in [0.2, 0.25) is 0 Å². The van der Waals surface area contributed by atoms with Crippen LogP contribution < -0.4 is 20.4 Å². The van der Waals surface area contributed by atoms with Crippen LogP contribution in [0.15, 0.2) is 146 Å². The summed E-state index contributed by atoms with van der Waals surface area (Å²) in [6.45, 7) is 35.1. The molecule has 7 aromatic rings. The molecule has 0 amide bonds. The predicted octanol–water partition coefficient (Wildman–Crippen LogP) is 15.6. The zero-order valence-electron chi connectivity index (χ0n) is 45.4. The third-order valence-corrected chi connectivity index (χ3v) is 17.8. The summed E-state index contributed by atoms with van der Waals surface area (Å²) in [5.74, 6) is -0.273. The van der Waals surface area contributed by atoms with Crippen LogP contribution in [0.4, 0.5) is 0 Å². The van der Waals surface area contributed by atoms with Crippen molar-refractivity contribution in [2.45, 2.75) is 151 Å². The number of aryl methyl sites for hydroxylation is 8. The van der Waals surface area contributed by atoms with E-state index in [1.807, 2.05) is 13.8 Å². The second-order valence-corrected chi connectivity index (χ2v) is 26.5. The monoisotopic (exact) mass is 997 g/mol. The second-order valence-electron chi connectivity index (χ2n) is 23.3. The maximum absolute atomic E-state index is 8.26. The molecule has 2 aliphatic rings. The number of benzene rings is 7. The van der Waals surface area contributed by atoms with Crippen molar-refractivity contribution in [3.05, 3.63) is 223 Å². The van der Waals surface area contributed by atoms with E-state index < -0.39 is 45.7 Å². The molecule has 5 nitrogen and oxygen atoms in total. The van der Waals surface area contributed by atoms with Gasteiger partial charge < -0.3 is 14.0 Å². The van der Waals surface area contributed by atoms with Crippen LogP contribution >= 0.6 is 16.5 Å². The molecule has 0 aliphatic carbocycles. The first kappa shape index (κ1) is 51.9. The molecule has 0 unspecified atom stereocenters. The van der Waals surface area contributed by atoms with Crippen molar-refractivity contribution in [2.24, 2.45) is 0 Å². The Labute approximate surface area is 433 Å². The number of ether oxygens (including phenoxy) is 2. The molecule has 2 fully saturated rings. The lowest BCUT2D eigenvalue weighted by Crippen LogP contribution is -2.53. The molecule has 0 N–H and O–H groups in total. The summed E-state index contributed by atoms with van der Waals surface area (Å²) in [7, 11) is -3.59. The molecule has 72 heavy (non-hydrogen) atoms. The molecule has 0 saturated carbocycles. The first-order chi connectivity index (χ1) is 33.9. The molecule has 0 spiro atoms. The van der Waals surface area contributed by atoms with E-state index in [-0.39, 0.29) is 10.8 Å². The van der Waals surface area contributed by atoms with E-state index in [9.17, 15) is 0 Å². The van der Waals surface area contributed by atoms with Gasteiger partial charge in [-0.2, -0.15) is 0 Å². The summed E-state index contributed by atoms with van der Waals surface area (Å²) in [5, 5.41) is 3.56. The van der Waals surface area contributed by atoms with E-state index in [0.717, 1.165) is 83.4 Å². The standard InChI is InChI=1S/C65H74O5P2/c1-41-27-42(2)32-50(31-41)64(51-33-43(3)28-44(4)34-51)59-60(67-63(15,16)66-59)65(52-35-45(5)29-46(6)36-52,53-37-47(7)30-48(8)38-53)70-72(69-64)68-58-56(62(12,13)14)39-49(61(9,10)11)40-57(58)71(54-23-19-17-20-24-54)55-25-21-18-22-26-55/h17-40,59-60H,1-16H3/t59-,60-/m1/s1. The first-order valence-electron chi connectivity index (χ1n) is 25.5. The Balaban J connectivity index is 1.45. The van der Waals surface area contributed by atoms with Crippen LogP contribution in [-0.2, 0) is 40.6 Å². The summed E-state index contributed by atoms with van der Waals surface area (Å²) in [5.41, 5.74) is 11.9. The molecule has 2 heterocycles. The summed E-state index contributed by atoms with van der Waals surface area (Å²) in [4.78, 5) is 0. The molecule has 0 aromatic heterocycles. The third kappa shape index (κ3) is 10.0. The molecule has 2 aliphatic heterocycles. The van der Waals surface area contributed by atoms with Crippen molar-refractivity contribution >= 4 is 32.4 Å². The van der Waals surface area contributed by atoms with Gasteiger partial charge in [-0.1, -0.05) is 226 Å². The number of fused-ring (bicyclic) bond motifs is 1. The highest BCUT2D eigenvalue weighted by molar-refractivity contribution is 7.80. The zero-order chi connectivity index (χ0) is 51.7. The van der Waals surface area contributed by atoms with Gasteiger partial charge in [0.15, 0.2) is 17.0 Å². The van der Waals surface area contributed by atoms with Gasteiger partial charge in [-0.05, 0) is 132 Å². The van der Waals surface area contributed by atoms with Crippen molar-refractivity contribution in [3.8, 4) is 5.75 Å². The van der Waals surface area contributed by atoms with Gasteiger partial charge in [0.25, 0.3) is 0 Å². The Kier molecular flexibility index (Phi) is 14.0. The van der Waals surface area contributed by atoms with Crippen molar-refractivity contribution < 1.29 is 23.0 Å². The molecule has 374 valence electrons. The van der Waals surface area contributed by atoms with Crippen LogP contribution in [0, 0.1) is 55.4 Å². The molecule has 7 heteroatoms. The lowest BCUT2D eigenvalue weighted by atomic mass is 9.70. The van der Waals surface area contributed by atoms with Crippen LogP contribution in [0.3, 0.4) is 0 Å². The van der Waals surface area contributed by atoms with Crippen LogP contribution in [0.5, 0.6) is 5.75 Å². The maximum atomic E-state index is 8.26. The number of rotatable bonds is 9. The average molecular weight is 997 g/mol. The Morgan fingerprint density at radius 1 is 0.444 bits per heavy atom. The molecule has 9 rings (SSSR count). The molecule has 2 saturated heterocycles.